The molecular formula is C26H28Si. The zero-order valence-electron chi connectivity index (χ0n) is 15.9. The fraction of sp³-hybridized carbons (Fsp3) is 0.385. The molecule has 2 aromatic carbocycles. The van der Waals surface area contributed by atoms with Crippen molar-refractivity contribution in [3.05, 3.63) is 95.1 Å². The van der Waals surface area contributed by atoms with Crippen LogP contribution in [0.5, 0.6) is 0 Å². The Morgan fingerprint density at radius 2 is 1.11 bits per heavy atom. The Labute approximate surface area is 165 Å². The van der Waals surface area contributed by atoms with Gasteiger partial charge in [-0.25, -0.2) is 0 Å². The van der Waals surface area contributed by atoms with E-state index < -0.39 is 0 Å². The molecule has 0 nitrogen and oxygen atoms in total. The Morgan fingerprint density at radius 1 is 0.630 bits per heavy atom. The molecule has 6 atom stereocenters. The minimum atomic E-state index is -0.113. The van der Waals surface area contributed by atoms with E-state index in [0.29, 0.717) is 11.8 Å². The minimum absolute atomic E-state index is 0.113. The summed E-state index contributed by atoms with van der Waals surface area (Å²) in [4.78, 5) is 0. The molecule has 0 saturated carbocycles. The summed E-state index contributed by atoms with van der Waals surface area (Å²) in [6.45, 7) is 0. The monoisotopic (exact) mass is 368 g/mol. The first-order chi connectivity index (χ1) is 13.4. The molecule has 0 aromatic heterocycles. The van der Waals surface area contributed by atoms with E-state index in [4.69, 9.17) is 0 Å². The maximum Gasteiger partial charge on any atom is 0.0280 e. The van der Waals surface area contributed by atoms with E-state index in [1.807, 2.05) is 0 Å². The fourth-order valence-electron chi connectivity index (χ4n) is 6.81. The van der Waals surface area contributed by atoms with Crippen LogP contribution in [0.2, 0.25) is 11.1 Å². The van der Waals surface area contributed by atoms with E-state index in [9.17, 15) is 0 Å². The molecule has 6 unspecified atom stereocenters. The smallest absolute Gasteiger partial charge is 0.0280 e. The van der Waals surface area contributed by atoms with Crippen molar-refractivity contribution >= 4 is 9.52 Å². The maximum atomic E-state index is 2.54. The number of hydrogen-bond acceptors (Lipinski definition) is 0. The van der Waals surface area contributed by atoms with Gasteiger partial charge >= 0.3 is 0 Å². The molecule has 136 valence electrons. The zero-order chi connectivity index (χ0) is 17.8. The standard InChI is InChI=1S/C26H28Si/c1-3-9-19-17(7-1)15-23-21(19)11-5-13-25(23)27-26-14-6-12-22-20-10-4-2-8-18(20)16-24(22)26/h1-12,21-26H,13-16,27H2. The van der Waals surface area contributed by atoms with Crippen molar-refractivity contribution in [2.75, 3.05) is 0 Å². The largest absolute Gasteiger partial charge is 0.0879 e. The number of benzene rings is 2. The second-order valence-electron chi connectivity index (χ2n) is 9.27. The van der Waals surface area contributed by atoms with Gasteiger partial charge < -0.3 is 0 Å². The molecule has 1 heteroatoms. The van der Waals surface area contributed by atoms with Crippen molar-refractivity contribution < 1.29 is 0 Å². The average molecular weight is 369 g/mol. The van der Waals surface area contributed by atoms with Gasteiger partial charge in [-0.1, -0.05) is 72.8 Å². The Morgan fingerprint density at radius 3 is 1.63 bits per heavy atom. The SMILES string of the molecule is C1=CC2c3ccccc3CC2C([SiH2]C2CC=CC3c4ccccc4CC23)C1. The van der Waals surface area contributed by atoms with Gasteiger partial charge in [-0.05, 0) is 70.9 Å². The summed E-state index contributed by atoms with van der Waals surface area (Å²) >= 11 is 0. The topological polar surface area (TPSA) is 0 Å². The Balaban J connectivity index is 1.25. The minimum Gasteiger partial charge on any atom is -0.0879 e. The molecule has 27 heavy (non-hydrogen) atoms. The quantitative estimate of drug-likeness (QED) is 0.480. The van der Waals surface area contributed by atoms with Crippen LogP contribution in [-0.2, 0) is 12.8 Å². The van der Waals surface area contributed by atoms with Crippen molar-refractivity contribution in [3.63, 3.8) is 0 Å². The van der Waals surface area contributed by atoms with Gasteiger partial charge in [0.05, 0.1) is 0 Å². The number of allylic oxidation sites excluding steroid dienone is 4. The molecule has 0 saturated heterocycles. The fourth-order valence-corrected chi connectivity index (χ4v) is 9.97. The second kappa shape index (κ2) is 6.34. The van der Waals surface area contributed by atoms with Crippen LogP contribution in [0.3, 0.4) is 0 Å². The Hall–Kier alpha value is -1.86. The molecule has 0 spiro atoms. The first-order valence-corrected chi connectivity index (χ1v) is 12.5. The highest BCUT2D eigenvalue weighted by molar-refractivity contribution is 6.40. The molecule has 6 rings (SSSR count). The summed E-state index contributed by atoms with van der Waals surface area (Å²) in [6, 6.07) is 18.5. The van der Waals surface area contributed by atoms with Gasteiger partial charge in [-0.3, -0.25) is 0 Å². The number of hydrogen-bond donors (Lipinski definition) is 0. The van der Waals surface area contributed by atoms with Gasteiger partial charge in [0.2, 0.25) is 0 Å². The van der Waals surface area contributed by atoms with Crippen LogP contribution in [-0.4, -0.2) is 9.52 Å². The molecule has 4 aliphatic rings. The molecule has 0 heterocycles. The summed E-state index contributed by atoms with van der Waals surface area (Å²) in [7, 11) is -0.113. The molecule has 0 aliphatic heterocycles. The van der Waals surface area contributed by atoms with Crippen LogP contribution < -0.4 is 0 Å². The number of fused-ring (bicyclic) bond motifs is 6. The maximum absolute atomic E-state index is 2.54. The third-order valence-electron chi connectivity index (χ3n) is 8.04. The predicted octanol–water partition coefficient (Wildman–Crippen LogP) is 5.56. The molecule has 0 amide bonds. The third kappa shape index (κ3) is 2.55. The van der Waals surface area contributed by atoms with Crippen LogP contribution in [0.4, 0.5) is 0 Å². The van der Waals surface area contributed by atoms with Gasteiger partial charge in [0.25, 0.3) is 0 Å². The van der Waals surface area contributed by atoms with Crippen LogP contribution in [0.15, 0.2) is 72.8 Å². The summed E-state index contributed by atoms with van der Waals surface area (Å²) in [6.07, 6.45) is 15.5. The first kappa shape index (κ1) is 16.1. The van der Waals surface area contributed by atoms with Gasteiger partial charge in [0.15, 0.2) is 0 Å². The summed E-state index contributed by atoms with van der Waals surface area (Å²) in [5.74, 6) is 3.21. The Bertz CT molecular complexity index is 848. The van der Waals surface area contributed by atoms with E-state index in [-0.39, 0.29) is 9.52 Å². The lowest BCUT2D eigenvalue weighted by molar-refractivity contribution is 0.423. The molecule has 0 N–H and O–H groups in total. The van der Waals surface area contributed by atoms with E-state index in [0.717, 1.165) is 22.9 Å². The lowest BCUT2D eigenvalue weighted by atomic mass is 9.83. The molecule has 0 fully saturated rings. The highest BCUT2D eigenvalue weighted by atomic mass is 28.2. The van der Waals surface area contributed by atoms with Crippen molar-refractivity contribution in [2.45, 2.75) is 48.6 Å². The van der Waals surface area contributed by atoms with Crippen LogP contribution in [0.1, 0.15) is 46.9 Å². The zero-order valence-corrected chi connectivity index (χ0v) is 17.3. The molecule has 0 radical (unpaired) electrons. The van der Waals surface area contributed by atoms with Crippen LogP contribution >= 0.6 is 0 Å². The summed E-state index contributed by atoms with van der Waals surface area (Å²) in [5, 5.41) is 0. The van der Waals surface area contributed by atoms with Crippen molar-refractivity contribution in [1.82, 2.24) is 0 Å². The van der Waals surface area contributed by atoms with Gasteiger partial charge in [0, 0.05) is 21.4 Å². The average Bonchev–Trinajstić information content (AvgIpc) is 3.28. The van der Waals surface area contributed by atoms with Crippen molar-refractivity contribution in [3.8, 4) is 0 Å². The molecule has 2 aromatic rings. The van der Waals surface area contributed by atoms with Crippen molar-refractivity contribution in [2.24, 2.45) is 11.8 Å². The van der Waals surface area contributed by atoms with Gasteiger partial charge in [-0.15, -0.1) is 0 Å². The highest BCUT2D eigenvalue weighted by Crippen LogP contribution is 2.53. The normalized spacial score (nSPS) is 35.9. The van der Waals surface area contributed by atoms with Crippen molar-refractivity contribution in [1.29, 1.82) is 0 Å². The van der Waals surface area contributed by atoms with E-state index in [2.05, 4.69) is 72.8 Å². The van der Waals surface area contributed by atoms with E-state index >= 15 is 0 Å². The van der Waals surface area contributed by atoms with E-state index in [1.165, 1.54) is 25.7 Å². The first-order valence-electron chi connectivity index (χ1n) is 10.9. The lowest BCUT2D eigenvalue weighted by Gasteiger charge is -2.37. The van der Waals surface area contributed by atoms with E-state index in [1.54, 1.807) is 22.3 Å². The Kier molecular flexibility index (Phi) is 3.79. The molecule has 0 bridgehead atoms. The van der Waals surface area contributed by atoms with Crippen LogP contribution in [0, 0.1) is 11.8 Å². The second-order valence-corrected chi connectivity index (χ2v) is 11.8. The molecular weight excluding hydrogens is 340 g/mol. The van der Waals surface area contributed by atoms with Crippen LogP contribution in [0.25, 0.3) is 0 Å². The highest BCUT2D eigenvalue weighted by Gasteiger charge is 2.42. The lowest BCUT2D eigenvalue weighted by Crippen LogP contribution is -2.29. The summed E-state index contributed by atoms with van der Waals surface area (Å²) < 4.78 is 0. The molecule has 4 aliphatic carbocycles. The predicted molar refractivity (Wildman–Crippen MR) is 116 cm³/mol. The summed E-state index contributed by atoms with van der Waals surface area (Å²) in [5.41, 5.74) is 8.52. The number of rotatable bonds is 2. The van der Waals surface area contributed by atoms with Gasteiger partial charge in [-0.2, -0.15) is 0 Å². The van der Waals surface area contributed by atoms with Gasteiger partial charge in [0.1, 0.15) is 0 Å². The third-order valence-corrected chi connectivity index (χ3v) is 11.1.